The van der Waals surface area contributed by atoms with E-state index in [9.17, 15) is 0 Å². The lowest BCUT2D eigenvalue weighted by molar-refractivity contribution is 0.409. The molecule has 0 aromatic carbocycles. The molecule has 2 aliphatic carbocycles. The van der Waals surface area contributed by atoms with E-state index in [1.165, 1.54) is 44.9 Å². The zero-order valence-corrected chi connectivity index (χ0v) is 11.4. The molecule has 2 aliphatic rings. The summed E-state index contributed by atoms with van der Waals surface area (Å²) in [7, 11) is 2.00. The van der Waals surface area contributed by atoms with Gasteiger partial charge in [-0.25, -0.2) is 4.98 Å². The monoisotopic (exact) mass is 248 g/mol. The lowest BCUT2D eigenvalue weighted by atomic mass is 9.89. The molecule has 100 valence electrons. The molecule has 0 atom stereocenters. The zero-order chi connectivity index (χ0) is 12.6. The van der Waals surface area contributed by atoms with E-state index in [1.807, 2.05) is 11.7 Å². The molecule has 0 bridgehead atoms. The van der Waals surface area contributed by atoms with Crippen molar-refractivity contribution >= 4 is 0 Å². The Bertz CT molecular complexity index is 411. The third kappa shape index (κ3) is 2.07. The van der Waals surface area contributed by atoms with Gasteiger partial charge in [0.15, 0.2) is 5.82 Å². The molecule has 4 heteroatoms. The second kappa shape index (κ2) is 4.65. The van der Waals surface area contributed by atoms with Gasteiger partial charge < -0.3 is 5.73 Å². The van der Waals surface area contributed by atoms with Crippen LogP contribution >= 0.6 is 0 Å². The maximum atomic E-state index is 6.50. The smallest absolute Gasteiger partial charge is 0.154 e. The van der Waals surface area contributed by atoms with E-state index >= 15 is 0 Å². The highest BCUT2D eigenvalue weighted by atomic mass is 15.3. The maximum absolute atomic E-state index is 6.50. The third-order valence-corrected chi connectivity index (χ3v) is 4.69. The fourth-order valence-corrected chi connectivity index (χ4v) is 3.60. The Kier molecular flexibility index (Phi) is 3.14. The summed E-state index contributed by atoms with van der Waals surface area (Å²) in [6.07, 6.45) is 11.1. The van der Waals surface area contributed by atoms with Gasteiger partial charge in [-0.15, -0.1) is 0 Å². The molecule has 4 nitrogen and oxygen atoms in total. The quantitative estimate of drug-likeness (QED) is 0.875. The summed E-state index contributed by atoms with van der Waals surface area (Å²) in [6.45, 7) is 0. The van der Waals surface area contributed by atoms with Gasteiger partial charge >= 0.3 is 0 Å². The Morgan fingerprint density at radius 2 is 1.78 bits per heavy atom. The summed E-state index contributed by atoms with van der Waals surface area (Å²) >= 11 is 0. The first-order valence-corrected chi connectivity index (χ1v) is 7.39. The second-order valence-electron chi connectivity index (χ2n) is 6.12. The van der Waals surface area contributed by atoms with Crippen LogP contribution < -0.4 is 5.73 Å². The Hall–Kier alpha value is -0.900. The van der Waals surface area contributed by atoms with E-state index in [4.69, 9.17) is 10.7 Å². The molecule has 0 aliphatic heterocycles. The minimum absolute atomic E-state index is 0.214. The molecule has 2 N–H and O–H groups in total. The summed E-state index contributed by atoms with van der Waals surface area (Å²) in [5.41, 5.74) is 6.29. The Labute approximate surface area is 109 Å². The van der Waals surface area contributed by atoms with Crippen LogP contribution in [-0.2, 0) is 12.6 Å². The molecule has 18 heavy (non-hydrogen) atoms. The molecule has 0 saturated heterocycles. The van der Waals surface area contributed by atoms with Crippen LogP contribution in [0.25, 0.3) is 0 Å². The molecule has 0 radical (unpaired) electrons. The Morgan fingerprint density at radius 3 is 2.44 bits per heavy atom. The van der Waals surface area contributed by atoms with E-state index in [1.54, 1.807) is 0 Å². The molecule has 0 spiro atoms. The van der Waals surface area contributed by atoms with Crippen molar-refractivity contribution in [3.63, 3.8) is 0 Å². The molecule has 1 heterocycles. The van der Waals surface area contributed by atoms with E-state index in [-0.39, 0.29) is 5.54 Å². The summed E-state index contributed by atoms with van der Waals surface area (Å²) in [6, 6.07) is 0. The van der Waals surface area contributed by atoms with Crippen LogP contribution in [0.1, 0.15) is 75.4 Å². The minimum atomic E-state index is -0.214. The summed E-state index contributed by atoms with van der Waals surface area (Å²) in [4.78, 5) is 4.81. The molecule has 0 unspecified atom stereocenters. The molecular weight excluding hydrogens is 224 g/mol. The predicted octanol–water partition coefficient (Wildman–Crippen LogP) is 2.59. The molecule has 1 aromatic heterocycles. The van der Waals surface area contributed by atoms with Gasteiger partial charge in [-0.05, 0) is 25.7 Å². The van der Waals surface area contributed by atoms with Gasteiger partial charge in [0.25, 0.3) is 0 Å². The van der Waals surface area contributed by atoms with Gasteiger partial charge in [-0.3, -0.25) is 4.68 Å². The Morgan fingerprint density at radius 1 is 1.11 bits per heavy atom. The number of aromatic nitrogens is 3. The van der Waals surface area contributed by atoms with Crippen molar-refractivity contribution in [2.24, 2.45) is 12.8 Å². The van der Waals surface area contributed by atoms with Crippen LogP contribution in [0.15, 0.2) is 0 Å². The van der Waals surface area contributed by atoms with E-state index < -0.39 is 0 Å². The van der Waals surface area contributed by atoms with Crippen LogP contribution in [0.3, 0.4) is 0 Å². The number of nitrogens with zero attached hydrogens (tertiary/aromatic N) is 3. The van der Waals surface area contributed by atoms with Gasteiger partial charge in [0, 0.05) is 13.0 Å². The highest BCUT2D eigenvalue weighted by molar-refractivity contribution is 5.11. The van der Waals surface area contributed by atoms with Crippen molar-refractivity contribution in [2.75, 3.05) is 0 Å². The van der Waals surface area contributed by atoms with Crippen LogP contribution in [0.5, 0.6) is 0 Å². The van der Waals surface area contributed by atoms with Crippen molar-refractivity contribution in [3.05, 3.63) is 11.6 Å². The first kappa shape index (κ1) is 12.2. The predicted molar refractivity (Wildman–Crippen MR) is 71.2 cm³/mol. The van der Waals surface area contributed by atoms with Gasteiger partial charge in [0.05, 0.1) is 5.54 Å². The average molecular weight is 248 g/mol. The lowest BCUT2D eigenvalue weighted by Gasteiger charge is -2.21. The van der Waals surface area contributed by atoms with Crippen molar-refractivity contribution in [2.45, 2.75) is 69.2 Å². The third-order valence-electron chi connectivity index (χ3n) is 4.69. The number of aryl methyl sites for hydroxylation is 1. The van der Waals surface area contributed by atoms with Crippen molar-refractivity contribution in [3.8, 4) is 0 Å². The average Bonchev–Trinajstić information content (AvgIpc) is 2.98. The first-order valence-electron chi connectivity index (χ1n) is 7.39. The highest BCUT2D eigenvalue weighted by Crippen LogP contribution is 2.37. The Balaban J connectivity index is 1.85. The van der Waals surface area contributed by atoms with Gasteiger partial charge in [-0.1, -0.05) is 32.1 Å². The van der Waals surface area contributed by atoms with Gasteiger partial charge in [0.1, 0.15) is 5.82 Å². The number of hydrogen-bond acceptors (Lipinski definition) is 3. The molecule has 1 aromatic rings. The standard InChI is InChI=1S/C14H24N4/c1-18-13(14(15)9-5-6-10-14)16-12(17-18)11-7-3-2-4-8-11/h11H,2-10,15H2,1H3. The molecule has 2 saturated carbocycles. The number of nitrogens with two attached hydrogens (primary N) is 1. The highest BCUT2D eigenvalue weighted by Gasteiger charge is 2.36. The van der Waals surface area contributed by atoms with Gasteiger partial charge in [0.2, 0.25) is 0 Å². The maximum Gasteiger partial charge on any atom is 0.154 e. The van der Waals surface area contributed by atoms with Crippen molar-refractivity contribution in [1.29, 1.82) is 0 Å². The number of rotatable bonds is 2. The van der Waals surface area contributed by atoms with Crippen LogP contribution in [0.2, 0.25) is 0 Å². The fourth-order valence-electron chi connectivity index (χ4n) is 3.60. The van der Waals surface area contributed by atoms with E-state index in [0.717, 1.165) is 24.5 Å². The van der Waals surface area contributed by atoms with E-state index in [2.05, 4.69) is 5.10 Å². The normalized spacial score (nSPS) is 24.6. The van der Waals surface area contributed by atoms with Crippen molar-refractivity contribution in [1.82, 2.24) is 14.8 Å². The fraction of sp³-hybridized carbons (Fsp3) is 0.857. The molecule has 2 fully saturated rings. The molecule has 0 amide bonds. The molecule has 3 rings (SSSR count). The molecular formula is C14H24N4. The summed E-state index contributed by atoms with van der Waals surface area (Å²) in [5, 5.41) is 4.65. The first-order chi connectivity index (χ1) is 8.69. The second-order valence-corrected chi connectivity index (χ2v) is 6.12. The zero-order valence-electron chi connectivity index (χ0n) is 11.4. The lowest BCUT2D eigenvalue weighted by Crippen LogP contribution is -2.36. The summed E-state index contributed by atoms with van der Waals surface area (Å²) in [5.74, 6) is 2.63. The minimum Gasteiger partial charge on any atom is -0.319 e. The summed E-state index contributed by atoms with van der Waals surface area (Å²) < 4.78 is 1.94. The van der Waals surface area contributed by atoms with Gasteiger partial charge in [-0.2, -0.15) is 5.10 Å². The largest absolute Gasteiger partial charge is 0.319 e. The van der Waals surface area contributed by atoms with Crippen LogP contribution in [0.4, 0.5) is 0 Å². The van der Waals surface area contributed by atoms with E-state index in [0.29, 0.717) is 5.92 Å². The SMILES string of the molecule is Cn1nc(C2CCCCC2)nc1C1(N)CCCC1. The van der Waals surface area contributed by atoms with Crippen LogP contribution in [0, 0.1) is 0 Å². The van der Waals surface area contributed by atoms with Crippen LogP contribution in [-0.4, -0.2) is 14.8 Å². The topological polar surface area (TPSA) is 56.7 Å². The van der Waals surface area contributed by atoms with Crippen molar-refractivity contribution < 1.29 is 0 Å². The number of hydrogen-bond donors (Lipinski definition) is 1.